The minimum Gasteiger partial charge on any atom is -0.481 e. The number of carbonyl (C=O) groups is 1. The monoisotopic (exact) mass is 196 g/mol. The third kappa shape index (κ3) is 1.55. The zero-order valence-corrected chi connectivity index (χ0v) is 9.12. The molecule has 2 fully saturated rings. The van der Waals surface area contributed by atoms with Crippen LogP contribution in [0.3, 0.4) is 0 Å². The lowest BCUT2D eigenvalue weighted by atomic mass is 9.74. The quantitative estimate of drug-likeness (QED) is 0.737. The topological polar surface area (TPSA) is 37.3 Å². The molecule has 0 aromatic carbocycles. The third-order valence-electron chi connectivity index (χ3n) is 4.46. The SMILES string of the molecule is CC(C)C1CCC2(CC1)CC2C(=O)O. The molecule has 0 aromatic heterocycles. The fourth-order valence-electron chi connectivity index (χ4n) is 3.13. The first-order valence-electron chi connectivity index (χ1n) is 5.78. The van der Waals surface area contributed by atoms with Gasteiger partial charge in [0.25, 0.3) is 0 Å². The lowest BCUT2D eigenvalue weighted by Gasteiger charge is -2.31. The highest BCUT2D eigenvalue weighted by molar-refractivity contribution is 5.74. The maximum Gasteiger partial charge on any atom is 0.307 e. The van der Waals surface area contributed by atoms with Gasteiger partial charge in [-0.25, -0.2) is 0 Å². The molecule has 14 heavy (non-hydrogen) atoms. The van der Waals surface area contributed by atoms with E-state index in [2.05, 4.69) is 13.8 Å². The molecule has 2 nitrogen and oxygen atoms in total. The van der Waals surface area contributed by atoms with Crippen molar-refractivity contribution < 1.29 is 9.90 Å². The first kappa shape index (κ1) is 10.0. The second kappa shape index (κ2) is 3.25. The molecule has 2 saturated carbocycles. The van der Waals surface area contributed by atoms with Gasteiger partial charge in [-0.2, -0.15) is 0 Å². The van der Waals surface area contributed by atoms with Crippen LogP contribution in [0.25, 0.3) is 0 Å². The van der Waals surface area contributed by atoms with Crippen LogP contribution in [0.2, 0.25) is 0 Å². The molecule has 0 amide bonds. The zero-order chi connectivity index (χ0) is 10.3. The molecule has 0 aromatic rings. The molecule has 2 rings (SSSR count). The Kier molecular flexibility index (Phi) is 2.32. The Morgan fingerprint density at radius 1 is 1.36 bits per heavy atom. The molecule has 2 aliphatic rings. The van der Waals surface area contributed by atoms with Gasteiger partial charge in [0.15, 0.2) is 0 Å². The molecule has 0 bridgehead atoms. The average Bonchev–Trinajstić information content (AvgIpc) is 2.80. The fraction of sp³-hybridized carbons (Fsp3) is 0.917. The summed E-state index contributed by atoms with van der Waals surface area (Å²) in [6.45, 7) is 4.56. The van der Waals surface area contributed by atoms with E-state index >= 15 is 0 Å². The van der Waals surface area contributed by atoms with Crippen LogP contribution in [0.5, 0.6) is 0 Å². The van der Waals surface area contributed by atoms with Gasteiger partial charge in [-0.1, -0.05) is 13.8 Å². The summed E-state index contributed by atoms with van der Waals surface area (Å²) in [6.07, 6.45) is 5.77. The van der Waals surface area contributed by atoms with Crippen molar-refractivity contribution in [2.24, 2.45) is 23.2 Å². The molecule has 0 radical (unpaired) electrons. The Bertz CT molecular complexity index is 237. The van der Waals surface area contributed by atoms with E-state index in [0.717, 1.165) is 31.1 Å². The van der Waals surface area contributed by atoms with Gasteiger partial charge in [0.2, 0.25) is 0 Å². The minimum absolute atomic E-state index is 0.00406. The van der Waals surface area contributed by atoms with Gasteiger partial charge in [-0.05, 0) is 49.4 Å². The predicted octanol–water partition coefficient (Wildman–Crippen LogP) is 2.92. The average molecular weight is 196 g/mol. The van der Waals surface area contributed by atoms with E-state index in [9.17, 15) is 4.79 Å². The van der Waals surface area contributed by atoms with Crippen molar-refractivity contribution >= 4 is 5.97 Å². The highest BCUT2D eigenvalue weighted by atomic mass is 16.4. The molecule has 1 N–H and O–H groups in total. The van der Waals surface area contributed by atoms with Crippen molar-refractivity contribution in [3.05, 3.63) is 0 Å². The Labute approximate surface area is 85.7 Å². The van der Waals surface area contributed by atoms with Gasteiger partial charge in [0.05, 0.1) is 5.92 Å². The van der Waals surface area contributed by atoms with E-state index in [-0.39, 0.29) is 11.3 Å². The maximum absolute atomic E-state index is 10.9. The van der Waals surface area contributed by atoms with E-state index in [0.29, 0.717) is 0 Å². The summed E-state index contributed by atoms with van der Waals surface area (Å²) < 4.78 is 0. The summed E-state index contributed by atoms with van der Waals surface area (Å²) in [5.74, 6) is 1.05. The summed E-state index contributed by atoms with van der Waals surface area (Å²) >= 11 is 0. The van der Waals surface area contributed by atoms with Crippen molar-refractivity contribution in [3.63, 3.8) is 0 Å². The highest BCUT2D eigenvalue weighted by Crippen LogP contribution is 2.62. The van der Waals surface area contributed by atoms with Crippen LogP contribution < -0.4 is 0 Å². The standard InChI is InChI=1S/C12H20O2/c1-8(2)9-3-5-12(6-4-9)7-10(12)11(13)14/h8-10H,3-7H2,1-2H3,(H,13,14). The summed E-state index contributed by atoms with van der Waals surface area (Å²) in [5, 5.41) is 8.95. The van der Waals surface area contributed by atoms with Gasteiger partial charge >= 0.3 is 5.97 Å². The Morgan fingerprint density at radius 2 is 1.93 bits per heavy atom. The molecule has 80 valence electrons. The minimum atomic E-state index is -0.562. The van der Waals surface area contributed by atoms with Crippen LogP contribution in [0.1, 0.15) is 46.0 Å². The Hall–Kier alpha value is -0.530. The third-order valence-corrected chi connectivity index (χ3v) is 4.46. The molecule has 1 atom stereocenters. The molecular formula is C12H20O2. The lowest BCUT2D eigenvalue weighted by molar-refractivity contribution is -0.139. The summed E-state index contributed by atoms with van der Waals surface area (Å²) in [4.78, 5) is 10.9. The number of rotatable bonds is 2. The van der Waals surface area contributed by atoms with Crippen molar-refractivity contribution in [2.45, 2.75) is 46.0 Å². The molecule has 2 aliphatic carbocycles. The van der Waals surface area contributed by atoms with Gasteiger partial charge in [-0.15, -0.1) is 0 Å². The largest absolute Gasteiger partial charge is 0.481 e. The van der Waals surface area contributed by atoms with E-state index in [1.54, 1.807) is 0 Å². The zero-order valence-electron chi connectivity index (χ0n) is 9.12. The fourth-order valence-corrected chi connectivity index (χ4v) is 3.13. The number of carboxylic acids is 1. The number of hydrogen-bond donors (Lipinski definition) is 1. The van der Waals surface area contributed by atoms with Crippen molar-refractivity contribution in [1.29, 1.82) is 0 Å². The van der Waals surface area contributed by atoms with E-state index < -0.39 is 5.97 Å². The summed E-state index contributed by atoms with van der Waals surface area (Å²) in [5.41, 5.74) is 0.233. The number of carboxylic acid groups (broad SMARTS) is 1. The van der Waals surface area contributed by atoms with E-state index in [1.165, 1.54) is 12.8 Å². The van der Waals surface area contributed by atoms with Gasteiger partial charge in [0, 0.05) is 0 Å². The van der Waals surface area contributed by atoms with Crippen molar-refractivity contribution in [1.82, 2.24) is 0 Å². The lowest BCUT2D eigenvalue weighted by Crippen LogP contribution is -2.22. The van der Waals surface area contributed by atoms with Crippen LogP contribution in [-0.2, 0) is 4.79 Å². The molecule has 1 spiro atoms. The molecular weight excluding hydrogens is 176 g/mol. The number of hydrogen-bond acceptors (Lipinski definition) is 1. The van der Waals surface area contributed by atoms with Crippen LogP contribution in [-0.4, -0.2) is 11.1 Å². The summed E-state index contributed by atoms with van der Waals surface area (Å²) in [7, 11) is 0. The van der Waals surface area contributed by atoms with Crippen LogP contribution in [0.15, 0.2) is 0 Å². The van der Waals surface area contributed by atoms with Crippen LogP contribution >= 0.6 is 0 Å². The molecule has 0 heterocycles. The van der Waals surface area contributed by atoms with Gasteiger partial charge < -0.3 is 5.11 Å². The second-order valence-corrected chi connectivity index (χ2v) is 5.54. The van der Waals surface area contributed by atoms with Gasteiger partial charge in [0.1, 0.15) is 0 Å². The smallest absolute Gasteiger partial charge is 0.307 e. The Morgan fingerprint density at radius 3 is 2.29 bits per heavy atom. The van der Waals surface area contributed by atoms with E-state index in [1.807, 2.05) is 0 Å². The van der Waals surface area contributed by atoms with Crippen molar-refractivity contribution in [2.75, 3.05) is 0 Å². The highest BCUT2D eigenvalue weighted by Gasteiger charge is 2.58. The summed E-state index contributed by atoms with van der Waals surface area (Å²) in [6, 6.07) is 0. The first-order chi connectivity index (χ1) is 6.55. The molecule has 0 aliphatic heterocycles. The normalized spacial score (nSPS) is 41.6. The van der Waals surface area contributed by atoms with Crippen LogP contribution in [0.4, 0.5) is 0 Å². The predicted molar refractivity (Wildman–Crippen MR) is 55.0 cm³/mol. The first-order valence-corrected chi connectivity index (χ1v) is 5.78. The second-order valence-electron chi connectivity index (χ2n) is 5.54. The number of aliphatic carboxylic acids is 1. The van der Waals surface area contributed by atoms with Crippen LogP contribution in [0, 0.1) is 23.2 Å². The maximum atomic E-state index is 10.9. The van der Waals surface area contributed by atoms with E-state index in [4.69, 9.17) is 5.11 Å². The van der Waals surface area contributed by atoms with Gasteiger partial charge in [-0.3, -0.25) is 4.79 Å². The molecule has 2 heteroatoms. The Balaban J connectivity index is 1.89. The molecule has 1 unspecified atom stereocenters. The molecule has 0 saturated heterocycles. The van der Waals surface area contributed by atoms with Crippen molar-refractivity contribution in [3.8, 4) is 0 Å².